The van der Waals surface area contributed by atoms with E-state index in [0.717, 1.165) is 11.3 Å². The van der Waals surface area contributed by atoms with Crippen molar-refractivity contribution in [2.45, 2.75) is 19.0 Å². The summed E-state index contributed by atoms with van der Waals surface area (Å²) >= 11 is 0. The van der Waals surface area contributed by atoms with Crippen LogP contribution in [0, 0.1) is 10.1 Å². The molecule has 78 valence electrons. The number of fused-ring (bicyclic) bond motifs is 1. The zero-order chi connectivity index (χ0) is 11.0. The van der Waals surface area contributed by atoms with Crippen LogP contribution in [0.4, 0.5) is 5.69 Å². The van der Waals surface area contributed by atoms with Gasteiger partial charge in [-0.15, -0.1) is 0 Å². The first-order valence-electron chi connectivity index (χ1n) is 4.64. The summed E-state index contributed by atoms with van der Waals surface area (Å²) in [5.41, 5.74) is 7.80. The van der Waals surface area contributed by atoms with Crippen molar-refractivity contribution in [1.82, 2.24) is 0 Å². The summed E-state index contributed by atoms with van der Waals surface area (Å²) in [6, 6.07) is 5.75. The van der Waals surface area contributed by atoms with Crippen molar-refractivity contribution in [2.24, 2.45) is 10.7 Å². The molecule has 0 bridgehead atoms. The Hall–Kier alpha value is -1.75. The van der Waals surface area contributed by atoms with Crippen LogP contribution in [0.25, 0.3) is 0 Å². The summed E-state index contributed by atoms with van der Waals surface area (Å²) < 4.78 is 0. The Balaban J connectivity index is 2.53. The van der Waals surface area contributed by atoms with Gasteiger partial charge in [-0.1, -0.05) is 18.2 Å². The molecule has 0 saturated heterocycles. The second kappa shape index (κ2) is 3.43. The van der Waals surface area contributed by atoms with Gasteiger partial charge in [0.15, 0.2) is 0 Å². The third kappa shape index (κ3) is 1.50. The van der Waals surface area contributed by atoms with Gasteiger partial charge < -0.3 is 5.73 Å². The summed E-state index contributed by atoms with van der Waals surface area (Å²) in [7, 11) is 0. The van der Waals surface area contributed by atoms with Gasteiger partial charge in [-0.25, -0.2) is 0 Å². The van der Waals surface area contributed by atoms with E-state index in [-0.39, 0.29) is 4.92 Å². The molecule has 0 spiro atoms. The van der Waals surface area contributed by atoms with E-state index < -0.39 is 12.1 Å². The molecule has 2 N–H and O–H groups in total. The van der Waals surface area contributed by atoms with Crippen molar-refractivity contribution in [3.63, 3.8) is 0 Å². The molecule has 0 radical (unpaired) electrons. The van der Waals surface area contributed by atoms with Crippen molar-refractivity contribution in [3.8, 4) is 0 Å². The number of rotatable bonds is 1. The van der Waals surface area contributed by atoms with E-state index in [1.807, 2.05) is 18.2 Å². The Morgan fingerprint density at radius 3 is 2.80 bits per heavy atom. The first-order valence-corrected chi connectivity index (χ1v) is 4.64. The number of nitro groups is 1. The van der Waals surface area contributed by atoms with Gasteiger partial charge in [0.1, 0.15) is 6.04 Å². The maximum atomic E-state index is 10.8. The maximum absolute atomic E-state index is 10.8. The highest BCUT2D eigenvalue weighted by Crippen LogP contribution is 2.32. The summed E-state index contributed by atoms with van der Waals surface area (Å²) in [5, 5.41) is 10.8. The molecular formula is C10H11N3O2. The van der Waals surface area contributed by atoms with E-state index >= 15 is 0 Å². The van der Waals surface area contributed by atoms with Gasteiger partial charge in [0.05, 0.1) is 11.4 Å². The van der Waals surface area contributed by atoms with Crippen molar-refractivity contribution in [2.75, 3.05) is 0 Å². The molecule has 1 aromatic carbocycles. The molecule has 1 aliphatic heterocycles. The normalized spacial score (nSPS) is 24.3. The first kappa shape index (κ1) is 9.79. The van der Waals surface area contributed by atoms with Crippen LogP contribution in [0.3, 0.4) is 0 Å². The van der Waals surface area contributed by atoms with Gasteiger partial charge in [-0.05, 0) is 13.0 Å². The SMILES string of the molecule is CC1=Nc2ccccc2C(N)C1[N+](=O)[O-]. The number of hydrogen-bond acceptors (Lipinski definition) is 4. The van der Waals surface area contributed by atoms with Gasteiger partial charge in [0.2, 0.25) is 0 Å². The lowest BCUT2D eigenvalue weighted by Gasteiger charge is -2.23. The van der Waals surface area contributed by atoms with E-state index in [9.17, 15) is 10.1 Å². The maximum Gasteiger partial charge on any atom is 0.269 e. The molecule has 1 aromatic rings. The van der Waals surface area contributed by atoms with Crippen LogP contribution in [-0.4, -0.2) is 16.7 Å². The summed E-state index contributed by atoms with van der Waals surface area (Å²) in [6.07, 6.45) is 0. The van der Waals surface area contributed by atoms with Gasteiger partial charge in [0.25, 0.3) is 6.04 Å². The van der Waals surface area contributed by atoms with Crippen LogP contribution in [0.5, 0.6) is 0 Å². The number of benzene rings is 1. The highest BCUT2D eigenvalue weighted by atomic mass is 16.6. The monoisotopic (exact) mass is 205 g/mol. The second-order valence-corrected chi connectivity index (χ2v) is 3.57. The van der Waals surface area contributed by atoms with Gasteiger partial charge in [-0.3, -0.25) is 15.1 Å². The zero-order valence-electron chi connectivity index (χ0n) is 8.25. The number of nitrogens with two attached hydrogens (primary N) is 1. The quantitative estimate of drug-likeness (QED) is 0.556. The number of aliphatic imine (C=N–C) groups is 1. The molecule has 1 heterocycles. The molecule has 5 nitrogen and oxygen atoms in total. The first-order chi connectivity index (χ1) is 7.11. The minimum atomic E-state index is -0.903. The lowest BCUT2D eigenvalue weighted by atomic mass is 9.93. The molecule has 2 rings (SSSR count). The van der Waals surface area contributed by atoms with Gasteiger partial charge >= 0.3 is 0 Å². The molecule has 2 unspecified atom stereocenters. The Kier molecular flexibility index (Phi) is 2.24. The second-order valence-electron chi connectivity index (χ2n) is 3.57. The summed E-state index contributed by atoms with van der Waals surface area (Å²) in [6.45, 7) is 1.64. The molecule has 0 saturated carbocycles. The average Bonchev–Trinajstić information content (AvgIpc) is 2.17. The van der Waals surface area contributed by atoms with Crippen molar-refractivity contribution < 1.29 is 4.92 Å². The predicted molar refractivity (Wildman–Crippen MR) is 56.9 cm³/mol. The fourth-order valence-electron chi connectivity index (χ4n) is 1.84. The van der Waals surface area contributed by atoms with Crippen LogP contribution in [0.2, 0.25) is 0 Å². The van der Waals surface area contributed by atoms with Crippen LogP contribution in [0.1, 0.15) is 18.5 Å². The predicted octanol–water partition coefficient (Wildman–Crippen LogP) is 1.44. The molecule has 0 aromatic heterocycles. The molecule has 1 aliphatic rings. The fraction of sp³-hybridized carbons (Fsp3) is 0.300. The lowest BCUT2D eigenvalue weighted by Crippen LogP contribution is -2.40. The summed E-state index contributed by atoms with van der Waals surface area (Å²) in [5.74, 6) is 0. The van der Waals surface area contributed by atoms with Crippen LogP contribution in [-0.2, 0) is 0 Å². The molecule has 0 aliphatic carbocycles. The van der Waals surface area contributed by atoms with E-state index in [1.54, 1.807) is 13.0 Å². The van der Waals surface area contributed by atoms with Crippen LogP contribution < -0.4 is 5.73 Å². The Morgan fingerprint density at radius 1 is 1.47 bits per heavy atom. The van der Waals surface area contributed by atoms with Crippen LogP contribution >= 0.6 is 0 Å². The third-order valence-corrected chi connectivity index (χ3v) is 2.59. The standard InChI is InChI=1S/C10H11N3O2/c1-6-10(13(14)15)9(11)7-4-2-3-5-8(7)12-6/h2-5,9-10H,11H2,1H3. The van der Waals surface area contributed by atoms with Gasteiger partial charge in [0, 0.05) is 10.5 Å². The fourth-order valence-corrected chi connectivity index (χ4v) is 1.84. The highest BCUT2D eigenvalue weighted by molar-refractivity contribution is 5.91. The minimum absolute atomic E-state index is 0.376. The van der Waals surface area contributed by atoms with Crippen molar-refractivity contribution in [1.29, 1.82) is 0 Å². The molecule has 0 amide bonds. The van der Waals surface area contributed by atoms with Gasteiger partial charge in [-0.2, -0.15) is 0 Å². The van der Waals surface area contributed by atoms with Crippen molar-refractivity contribution >= 4 is 11.4 Å². The Morgan fingerprint density at radius 2 is 2.13 bits per heavy atom. The van der Waals surface area contributed by atoms with Crippen LogP contribution in [0.15, 0.2) is 29.3 Å². The van der Waals surface area contributed by atoms with E-state index in [1.165, 1.54) is 0 Å². The molecule has 2 atom stereocenters. The van der Waals surface area contributed by atoms with E-state index in [4.69, 9.17) is 5.73 Å². The number of para-hydroxylation sites is 1. The number of hydrogen-bond donors (Lipinski definition) is 1. The smallest absolute Gasteiger partial charge is 0.269 e. The lowest BCUT2D eigenvalue weighted by molar-refractivity contribution is -0.507. The largest absolute Gasteiger partial charge is 0.318 e. The highest BCUT2D eigenvalue weighted by Gasteiger charge is 2.37. The molecule has 5 heteroatoms. The molecule has 15 heavy (non-hydrogen) atoms. The van der Waals surface area contributed by atoms with E-state index in [0.29, 0.717) is 5.71 Å². The van der Waals surface area contributed by atoms with E-state index in [2.05, 4.69) is 4.99 Å². The molecular weight excluding hydrogens is 194 g/mol. The average molecular weight is 205 g/mol. The summed E-state index contributed by atoms with van der Waals surface area (Å²) in [4.78, 5) is 14.6. The number of nitrogens with zero attached hydrogens (tertiary/aromatic N) is 2. The van der Waals surface area contributed by atoms with Crippen molar-refractivity contribution in [3.05, 3.63) is 39.9 Å². The Bertz CT molecular complexity index is 442. The topological polar surface area (TPSA) is 81.5 Å². The molecule has 0 fully saturated rings. The minimum Gasteiger partial charge on any atom is -0.318 e. The zero-order valence-corrected chi connectivity index (χ0v) is 8.25. The third-order valence-electron chi connectivity index (χ3n) is 2.59. The Labute approximate surface area is 86.8 Å².